The molecule has 1 atom stereocenters. The molecule has 0 bridgehead atoms. The number of nitrogens with zero attached hydrogens (tertiary/aromatic N) is 2. The number of amides is 1. The molecular weight excluding hydrogens is 280 g/mol. The van der Waals surface area contributed by atoms with E-state index < -0.39 is 17.5 Å². The van der Waals surface area contributed by atoms with E-state index in [1.54, 1.807) is 10.9 Å². The van der Waals surface area contributed by atoms with Crippen molar-refractivity contribution in [2.75, 3.05) is 18.5 Å². The number of hydrogen-bond donors (Lipinski definition) is 1. The molecule has 1 N–H and O–H groups in total. The fourth-order valence-electron chi connectivity index (χ4n) is 2.17. The molecule has 0 radical (unpaired) electrons. The summed E-state index contributed by atoms with van der Waals surface area (Å²) in [6.07, 6.45) is 4.07. The van der Waals surface area contributed by atoms with Gasteiger partial charge in [-0.05, 0) is 24.6 Å². The molecule has 1 aromatic heterocycles. The van der Waals surface area contributed by atoms with Gasteiger partial charge in [-0.25, -0.2) is 8.78 Å². The Hall–Kier alpha value is -2.28. The van der Waals surface area contributed by atoms with Crippen LogP contribution < -0.4 is 5.32 Å². The Morgan fingerprint density at radius 3 is 2.95 bits per heavy atom. The molecule has 5 nitrogen and oxygen atoms in total. The highest BCUT2D eigenvalue weighted by molar-refractivity contribution is 6.04. The quantitative estimate of drug-likeness (QED) is 0.945. The maximum atomic E-state index is 13.1. The lowest BCUT2D eigenvalue weighted by Gasteiger charge is -2.07. The number of carbonyl (C=O) groups excluding carboxylic acids is 1. The summed E-state index contributed by atoms with van der Waals surface area (Å²) in [5.41, 5.74) is 0.544. The van der Waals surface area contributed by atoms with Crippen LogP contribution in [0.2, 0.25) is 0 Å². The molecule has 1 saturated heterocycles. The third-order valence-electron chi connectivity index (χ3n) is 3.32. The Morgan fingerprint density at radius 1 is 1.38 bits per heavy atom. The van der Waals surface area contributed by atoms with Gasteiger partial charge in [0.1, 0.15) is 0 Å². The van der Waals surface area contributed by atoms with Gasteiger partial charge in [-0.15, -0.1) is 0 Å². The number of hydrogen-bond acceptors (Lipinski definition) is 3. The van der Waals surface area contributed by atoms with Gasteiger partial charge in [0.25, 0.3) is 5.91 Å². The van der Waals surface area contributed by atoms with E-state index in [1.807, 2.05) is 0 Å². The molecular formula is C14H13F2N3O2. The van der Waals surface area contributed by atoms with Gasteiger partial charge in [-0.1, -0.05) is 0 Å². The summed E-state index contributed by atoms with van der Waals surface area (Å²) in [5, 5.41) is 6.76. The Bertz CT molecular complexity index is 666. The number of halogens is 2. The van der Waals surface area contributed by atoms with Gasteiger partial charge in [-0.2, -0.15) is 5.10 Å². The largest absolute Gasteiger partial charge is 0.379 e. The first-order chi connectivity index (χ1) is 10.1. The minimum Gasteiger partial charge on any atom is -0.379 e. The molecule has 1 aliphatic rings. The average Bonchev–Trinajstić information content (AvgIpc) is 3.12. The van der Waals surface area contributed by atoms with Gasteiger partial charge >= 0.3 is 0 Å². The molecule has 1 aliphatic heterocycles. The maximum Gasteiger partial charge on any atom is 0.255 e. The molecule has 0 saturated carbocycles. The lowest BCUT2D eigenvalue weighted by molar-refractivity contribution is 0.102. The van der Waals surface area contributed by atoms with Crippen molar-refractivity contribution in [3.8, 4) is 0 Å². The van der Waals surface area contributed by atoms with Crippen molar-refractivity contribution in [2.45, 2.75) is 12.5 Å². The molecule has 1 aromatic carbocycles. The van der Waals surface area contributed by atoms with Crippen LogP contribution >= 0.6 is 0 Å². The number of anilines is 1. The van der Waals surface area contributed by atoms with Crippen LogP contribution in [0.25, 0.3) is 0 Å². The average molecular weight is 293 g/mol. The molecule has 2 aromatic rings. The van der Waals surface area contributed by atoms with Crippen LogP contribution in [0.15, 0.2) is 30.6 Å². The monoisotopic (exact) mass is 293 g/mol. The summed E-state index contributed by atoms with van der Waals surface area (Å²) >= 11 is 0. The zero-order valence-electron chi connectivity index (χ0n) is 11.1. The third kappa shape index (κ3) is 2.92. The predicted molar refractivity (Wildman–Crippen MR) is 71.0 cm³/mol. The van der Waals surface area contributed by atoms with E-state index in [0.29, 0.717) is 18.9 Å². The Labute approximate surface area is 119 Å². The van der Waals surface area contributed by atoms with Crippen molar-refractivity contribution < 1.29 is 18.3 Å². The van der Waals surface area contributed by atoms with Gasteiger partial charge < -0.3 is 10.1 Å². The van der Waals surface area contributed by atoms with Gasteiger partial charge in [0.05, 0.1) is 24.5 Å². The van der Waals surface area contributed by atoms with Crippen LogP contribution in [-0.4, -0.2) is 28.9 Å². The predicted octanol–water partition coefficient (Wildman–Crippen LogP) is 2.38. The van der Waals surface area contributed by atoms with Crippen molar-refractivity contribution in [3.05, 3.63) is 47.8 Å². The molecule has 0 spiro atoms. The molecule has 1 unspecified atom stereocenters. The minimum absolute atomic E-state index is 0.0471. The molecule has 7 heteroatoms. The number of nitrogens with one attached hydrogen (secondary N) is 1. The SMILES string of the molecule is O=C(Nc1cnn(C2CCOC2)c1)c1ccc(F)c(F)c1. The molecule has 21 heavy (non-hydrogen) atoms. The van der Waals surface area contributed by atoms with Crippen molar-refractivity contribution in [2.24, 2.45) is 0 Å². The first kappa shape index (κ1) is 13.7. The zero-order chi connectivity index (χ0) is 14.8. The van der Waals surface area contributed by atoms with E-state index in [2.05, 4.69) is 10.4 Å². The Balaban J connectivity index is 1.70. The molecule has 1 fully saturated rings. The smallest absolute Gasteiger partial charge is 0.255 e. The third-order valence-corrected chi connectivity index (χ3v) is 3.32. The van der Waals surface area contributed by atoms with E-state index in [1.165, 1.54) is 12.3 Å². The van der Waals surface area contributed by atoms with Crippen LogP contribution in [0.3, 0.4) is 0 Å². The van der Waals surface area contributed by atoms with Crippen LogP contribution in [0.4, 0.5) is 14.5 Å². The molecule has 1 amide bonds. The number of benzene rings is 1. The lowest BCUT2D eigenvalue weighted by atomic mass is 10.2. The van der Waals surface area contributed by atoms with Gasteiger partial charge in [-0.3, -0.25) is 9.48 Å². The zero-order valence-corrected chi connectivity index (χ0v) is 11.1. The fraction of sp³-hybridized carbons (Fsp3) is 0.286. The maximum absolute atomic E-state index is 13.1. The highest BCUT2D eigenvalue weighted by atomic mass is 19.2. The summed E-state index contributed by atoms with van der Waals surface area (Å²) in [7, 11) is 0. The molecule has 3 rings (SSSR count). The van der Waals surface area contributed by atoms with Crippen molar-refractivity contribution in [1.29, 1.82) is 0 Å². The van der Waals surface area contributed by atoms with Crippen molar-refractivity contribution in [1.82, 2.24) is 9.78 Å². The molecule has 2 heterocycles. The van der Waals surface area contributed by atoms with Gasteiger partial charge in [0.15, 0.2) is 11.6 Å². The van der Waals surface area contributed by atoms with E-state index in [4.69, 9.17) is 4.74 Å². The second-order valence-corrected chi connectivity index (χ2v) is 4.81. The standard InChI is InChI=1S/C14H13F2N3O2/c15-12-2-1-9(5-13(12)16)14(20)18-10-6-17-19(7-10)11-3-4-21-8-11/h1-2,5-7,11H,3-4,8H2,(H,18,20). The number of aromatic nitrogens is 2. The Morgan fingerprint density at radius 2 is 2.24 bits per heavy atom. The second kappa shape index (κ2) is 5.61. The van der Waals surface area contributed by atoms with Crippen LogP contribution in [0, 0.1) is 11.6 Å². The van der Waals surface area contributed by atoms with Gasteiger partial charge in [0, 0.05) is 18.4 Å². The number of carbonyl (C=O) groups is 1. The second-order valence-electron chi connectivity index (χ2n) is 4.81. The Kier molecular flexibility index (Phi) is 3.66. The highest BCUT2D eigenvalue weighted by Crippen LogP contribution is 2.20. The van der Waals surface area contributed by atoms with E-state index >= 15 is 0 Å². The highest BCUT2D eigenvalue weighted by Gasteiger charge is 2.19. The van der Waals surface area contributed by atoms with E-state index in [9.17, 15) is 13.6 Å². The summed E-state index contributed by atoms with van der Waals surface area (Å²) in [6.45, 7) is 1.29. The first-order valence-electron chi connectivity index (χ1n) is 6.52. The summed E-state index contributed by atoms with van der Waals surface area (Å²) < 4.78 is 32.9. The summed E-state index contributed by atoms with van der Waals surface area (Å²) in [5.74, 6) is -2.56. The summed E-state index contributed by atoms with van der Waals surface area (Å²) in [4.78, 5) is 11.9. The topological polar surface area (TPSA) is 56.2 Å². The van der Waals surface area contributed by atoms with Crippen LogP contribution in [0.5, 0.6) is 0 Å². The fourth-order valence-corrected chi connectivity index (χ4v) is 2.17. The number of rotatable bonds is 3. The van der Waals surface area contributed by atoms with E-state index in [-0.39, 0.29) is 11.6 Å². The minimum atomic E-state index is -1.05. The number of ether oxygens (including phenoxy) is 1. The molecule has 110 valence electrons. The van der Waals surface area contributed by atoms with Gasteiger partial charge in [0.2, 0.25) is 0 Å². The lowest BCUT2D eigenvalue weighted by Crippen LogP contribution is -2.12. The van der Waals surface area contributed by atoms with Crippen molar-refractivity contribution >= 4 is 11.6 Å². The normalized spacial score (nSPS) is 17.9. The van der Waals surface area contributed by atoms with Crippen LogP contribution in [0.1, 0.15) is 22.8 Å². The van der Waals surface area contributed by atoms with Crippen molar-refractivity contribution in [3.63, 3.8) is 0 Å². The first-order valence-corrected chi connectivity index (χ1v) is 6.52. The molecule has 0 aliphatic carbocycles. The van der Waals surface area contributed by atoms with Crippen LogP contribution in [-0.2, 0) is 4.74 Å². The van der Waals surface area contributed by atoms with E-state index in [0.717, 1.165) is 18.6 Å². The summed E-state index contributed by atoms with van der Waals surface area (Å²) in [6, 6.07) is 3.17.